The van der Waals surface area contributed by atoms with Crippen LogP contribution in [0.5, 0.6) is 0 Å². The van der Waals surface area contributed by atoms with Gasteiger partial charge in [-0.2, -0.15) is 18.4 Å². The predicted molar refractivity (Wildman–Crippen MR) is 145 cm³/mol. The molecule has 0 bridgehead atoms. The van der Waals surface area contributed by atoms with Gasteiger partial charge < -0.3 is 10.2 Å². The van der Waals surface area contributed by atoms with E-state index in [2.05, 4.69) is 11.4 Å². The lowest BCUT2D eigenvalue weighted by Gasteiger charge is -2.40. The SMILES string of the molecule is CS(=O)(=O)N1CCC(CN(C(=O)Nc2ccc(F)c(C(F)(F)F)c2)[C@@H]2CCC3(c4cccc(C#N)c4)CC3C2)CC1. The smallest absolute Gasteiger partial charge is 0.321 e. The number of nitrogens with one attached hydrogen (secondary N) is 1. The number of benzene rings is 2. The Bertz CT molecular complexity index is 1470. The molecule has 0 spiro atoms. The number of fused-ring (bicyclic) bond motifs is 1. The van der Waals surface area contributed by atoms with E-state index in [0.29, 0.717) is 68.9 Å². The molecule has 1 saturated heterocycles. The standard InChI is InChI=1S/C29H32F4N4O3S/c1-41(39,40)36-11-8-19(9-12-36)18-37(27(38)35-23-5-6-26(30)25(15-23)29(31,32)33)24-7-10-28(16-22(28)14-24)21-4-2-3-20(13-21)17-34/h2-6,13,15,19,22,24H,7-12,14,16,18H2,1H3,(H,35,38)/t22?,24-,28?/m1/s1. The van der Waals surface area contributed by atoms with E-state index in [1.54, 1.807) is 11.0 Å². The highest BCUT2D eigenvalue weighted by Crippen LogP contribution is 2.63. The highest BCUT2D eigenvalue weighted by atomic mass is 32.2. The fourth-order valence-corrected chi connectivity index (χ4v) is 7.53. The number of halogens is 4. The number of hydrogen-bond acceptors (Lipinski definition) is 4. The lowest BCUT2D eigenvalue weighted by atomic mass is 9.79. The van der Waals surface area contributed by atoms with Crippen LogP contribution in [0, 0.1) is 29.0 Å². The van der Waals surface area contributed by atoms with Crippen molar-refractivity contribution in [2.45, 2.75) is 56.2 Å². The molecule has 3 fully saturated rings. The van der Waals surface area contributed by atoms with Gasteiger partial charge in [0.2, 0.25) is 10.0 Å². The molecule has 3 atom stereocenters. The molecule has 1 N–H and O–H groups in total. The number of sulfonamides is 1. The van der Waals surface area contributed by atoms with Crippen molar-refractivity contribution >= 4 is 21.7 Å². The van der Waals surface area contributed by atoms with Crippen molar-refractivity contribution in [2.24, 2.45) is 11.8 Å². The number of carbonyl (C=O) groups is 1. The second kappa shape index (κ2) is 10.9. The van der Waals surface area contributed by atoms with Crippen molar-refractivity contribution in [3.8, 4) is 6.07 Å². The Hall–Kier alpha value is -3.17. The molecule has 2 aliphatic carbocycles. The van der Waals surface area contributed by atoms with Gasteiger partial charge in [-0.3, -0.25) is 0 Å². The number of alkyl halides is 3. The summed E-state index contributed by atoms with van der Waals surface area (Å²) in [5.41, 5.74) is 0.0875. The van der Waals surface area contributed by atoms with Crippen LogP contribution in [0.25, 0.3) is 0 Å². The third-order valence-electron chi connectivity index (χ3n) is 9.00. The first-order chi connectivity index (χ1) is 19.3. The van der Waals surface area contributed by atoms with Crippen LogP contribution in [0.3, 0.4) is 0 Å². The van der Waals surface area contributed by atoms with Gasteiger partial charge in [-0.15, -0.1) is 0 Å². The van der Waals surface area contributed by atoms with E-state index in [-0.39, 0.29) is 23.1 Å². The third-order valence-corrected chi connectivity index (χ3v) is 10.3. The van der Waals surface area contributed by atoms with Crippen LogP contribution >= 0.6 is 0 Å². The molecule has 5 rings (SSSR count). The van der Waals surface area contributed by atoms with E-state index in [1.165, 1.54) is 10.6 Å². The highest BCUT2D eigenvalue weighted by molar-refractivity contribution is 7.88. The van der Waals surface area contributed by atoms with Crippen molar-refractivity contribution in [1.29, 1.82) is 5.26 Å². The molecule has 2 aromatic rings. The van der Waals surface area contributed by atoms with Crippen molar-refractivity contribution in [1.82, 2.24) is 9.21 Å². The van der Waals surface area contributed by atoms with E-state index in [9.17, 15) is 36.0 Å². The zero-order valence-electron chi connectivity index (χ0n) is 22.6. The van der Waals surface area contributed by atoms with Gasteiger partial charge in [-0.1, -0.05) is 12.1 Å². The third kappa shape index (κ3) is 6.21. The molecule has 7 nitrogen and oxygen atoms in total. The fourth-order valence-electron chi connectivity index (χ4n) is 6.66. The number of hydrogen-bond donors (Lipinski definition) is 1. The minimum Gasteiger partial charge on any atom is -0.321 e. The molecule has 12 heteroatoms. The Morgan fingerprint density at radius 3 is 2.54 bits per heavy atom. The topological polar surface area (TPSA) is 93.5 Å². The summed E-state index contributed by atoms with van der Waals surface area (Å²) in [6.45, 7) is 1.03. The molecule has 41 heavy (non-hydrogen) atoms. The maximum atomic E-state index is 13.8. The number of piperidine rings is 1. The number of anilines is 1. The largest absolute Gasteiger partial charge is 0.419 e. The van der Waals surface area contributed by atoms with Crippen LogP contribution in [0.15, 0.2) is 42.5 Å². The summed E-state index contributed by atoms with van der Waals surface area (Å²) < 4.78 is 79.0. The fraction of sp³-hybridized carbons (Fsp3) is 0.517. The average molecular weight is 593 g/mol. The number of carbonyl (C=O) groups excluding carboxylic acids is 1. The van der Waals surface area contributed by atoms with Gasteiger partial charge in [-0.25, -0.2) is 21.9 Å². The molecule has 2 saturated carbocycles. The van der Waals surface area contributed by atoms with Crippen LogP contribution in [0.1, 0.15) is 55.2 Å². The molecule has 0 aromatic heterocycles. The number of amides is 2. The Balaban J connectivity index is 1.34. The first kappa shape index (κ1) is 29.3. The van der Waals surface area contributed by atoms with Gasteiger partial charge >= 0.3 is 12.2 Å². The Kier molecular flexibility index (Phi) is 7.80. The molecular formula is C29H32F4N4O3S. The van der Waals surface area contributed by atoms with Gasteiger partial charge in [-0.05, 0) is 91.7 Å². The summed E-state index contributed by atoms with van der Waals surface area (Å²) >= 11 is 0. The summed E-state index contributed by atoms with van der Waals surface area (Å²) in [7, 11) is -3.32. The van der Waals surface area contributed by atoms with Gasteiger partial charge in [0.25, 0.3) is 0 Å². The van der Waals surface area contributed by atoms with Gasteiger partial charge in [0.1, 0.15) is 5.82 Å². The number of nitrogens with zero attached hydrogens (tertiary/aromatic N) is 3. The minimum atomic E-state index is -4.90. The quantitative estimate of drug-likeness (QED) is 0.434. The van der Waals surface area contributed by atoms with E-state index in [4.69, 9.17) is 0 Å². The van der Waals surface area contributed by atoms with Crippen molar-refractivity contribution in [2.75, 3.05) is 31.2 Å². The molecule has 2 aromatic carbocycles. The van der Waals surface area contributed by atoms with E-state index in [0.717, 1.165) is 24.5 Å². The van der Waals surface area contributed by atoms with E-state index in [1.807, 2.05) is 18.2 Å². The molecule has 2 amide bonds. The normalized spacial score (nSPS) is 25.2. The Morgan fingerprint density at radius 2 is 1.90 bits per heavy atom. The molecule has 0 radical (unpaired) electrons. The monoisotopic (exact) mass is 592 g/mol. The maximum absolute atomic E-state index is 13.8. The zero-order chi connectivity index (χ0) is 29.6. The Labute approximate surface area is 237 Å². The van der Waals surface area contributed by atoms with E-state index < -0.39 is 33.6 Å². The maximum Gasteiger partial charge on any atom is 0.419 e. The lowest BCUT2D eigenvalue weighted by Crippen LogP contribution is -2.49. The molecule has 1 heterocycles. The number of urea groups is 1. The summed E-state index contributed by atoms with van der Waals surface area (Å²) in [6.07, 6.45) is 0.527. The summed E-state index contributed by atoms with van der Waals surface area (Å²) in [5.74, 6) is -1.08. The molecule has 2 unspecified atom stereocenters. The first-order valence-electron chi connectivity index (χ1n) is 13.7. The molecule has 3 aliphatic rings. The van der Waals surface area contributed by atoms with Crippen LogP contribution in [-0.4, -0.2) is 55.6 Å². The summed E-state index contributed by atoms with van der Waals surface area (Å²) in [6, 6.07) is 11.5. The van der Waals surface area contributed by atoms with Crippen LogP contribution in [0.2, 0.25) is 0 Å². The second-order valence-corrected chi connectivity index (χ2v) is 13.5. The molecular weight excluding hydrogens is 560 g/mol. The van der Waals surface area contributed by atoms with Crippen molar-refractivity contribution in [3.05, 3.63) is 65.0 Å². The minimum absolute atomic E-state index is 0.0240. The number of nitriles is 1. The van der Waals surface area contributed by atoms with Crippen molar-refractivity contribution < 1.29 is 30.8 Å². The number of rotatable bonds is 6. The van der Waals surface area contributed by atoms with Crippen LogP contribution in [-0.2, 0) is 21.6 Å². The van der Waals surface area contributed by atoms with Crippen LogP contribution in [0.4, 0.5) is 28.0 Å². The highest BCUT2D eigenvalue weighted by Gasteiger charge is 2.58. The second-order valence-electron chi connectivity index (χ2n) is 11.6. The zero-order valence-corrected chi connectivity index (χ0v) is 23.4. The Morgan fingerprint density at radius 1 is 1.17 bits per heavy atom. The first-order valence-corrected chi connectivity index (χ1v) is 15.5. The van der Waals surface area contributed by atoms with Gasteiger partial charge in [0.15, 0.2) is 0 Å². The average Bonchev–Trinajstić information content (AvgIpc) is 3.67. The van der Waals surface area contributed by atoms with E-state index >= 15 is 0 Å². The van der Waals surface area contributed by atoms with Crippen LogP contribution < -0.4 is 5.32 Å². The van der Waals surface area contributed by atoms with Crippen molar-refractivity contribution in [3.63, 3.8) is 0 Å². The summed E-state index contributed by atoms with van der Waals surface area (Å²) in [4.78, 5) is 15.3. The van der Waals surface area contributed by atoms with Gasteiger partial charge in [0.05, 0.1) is 23.5 Å². The predicted octanol–water partition coefficient (Wildman–Crippen LogP) is 5.73. The molecule has 1 aliphatic heterocycles. The molecule has 220 valence electrons. The lowest BCUT2D eigenvalue weighted by molar-refractivity contribution is -0.139. The summed E-state index contributed by atoms with van der Waals surface area (Å²) in [5, 5.41) is 11.9. The van der Waals surface area contributed by atoms with Gasteiger partial charge in [0, 0.05) is 31.4 Å².